The first-order chi connectivity index (χ1) is 6.26. The van der Waals surface area contributed by atoms with E-state index >= 15 is 0 Å². The van der Waals surface area contributed by atoms with Crippen molar-refractivity contribution in [1.82, 2.24) is 0 Å². The van der Waals surface area contributed by atoms with Crippen molar-refractivity contribution in [2.24, 2.45) is 5.92 Å². The van der Waals surface area contributed by atoms with Gasteiger partial charge >= 0.3 is 0 Å². The summed E-state index contributed by atoms with van der Waals surface area (Å²) in [6.07, 6.45) is 0.959. The maximum absolute atomic E-state index is 5.76. The third kappa shape index (κ3) is 3.88. The molecule has 0 nitrogen and oxygen atoms in total. The summed E-state index contributed by atoms with van der Waals surface area (Å²) in [6, 6.07) is 8.26. The van der Waals surface area contributed by atoms with Crippen LogP contribution in [0, 0.1) is 5.92 Å². The van der Waals surface area contributed by atoms with Crippen LogP contribution in [0.15, 0.2) is 28.7 Å². The van der Waals surface area contributed by atoms with Gasteiger partial charge in [-0.15, -0.1) is 23.2 Å². The third-order valence-electron chi connectivity index (χ3n) is 1.87. The van der Waals surface area contributed by atoms with Crippen LogP contribution in [0.25, 0.3) is 0 Å². The van der Waals surface area contributed by atoms with Crippen LogP contribution in [0.1, 0.15) is 5.56 Å². The highest BCUT2D eigenvalue weighted by Gasteiger charge is 2.06. The number of hydrogen-bond donors (Lipinski definition) is 0. The fraction of sp³-hybridized carbons (Fsp3) is 0.400. The van der Waals surface area contributed by atoms with Gasteiger partial charge in [-0.25, -0.2) is 0 Å². The smallest absolute Gasteiger partial charge is 0.0266 e. The topological polar surface area (TPSA) is 0 Å². The largest absolute Gasteiger partial charge is 0.126 e. The molecule has 1 aromatic rings. The zero-order valence-electron chi connectivity index (χ0n) is 7.14. The fourth-order valence-corrected chi connectivity index (χ4v) is 1.92. The average Bonchev–Trinajstić information content (AvgIpc) is 2.17. The highest BCUT2D eigenvalue weighted by molar-refractivity contribution is 9.10. The first kappa shape index (κ1) is 11.4. The summed E-state index contributed by atoms with van der Waals surface area (Å²) in [5.41, 5.74) is 1.29. The lowest BCUT2D eigenvalue weighted by Crippen LogP contribution is -2.07. The van der Waals surface area contributed by atoms with Crippen LogP contribution in [-0.2, 0) is 6.42 Å². The Hall–Kier alpha value is 0.280. The monoisotopic (exact) mass is 280 g/mol. The van der Waals surface area contributed by atoms with Gasteiger partial charge in [-0.05, 0) is 30.0 Å². The van der Waals surface area contributed by atoms with Crippen molar-refractivity contribution < 1.29 is 0 Å². The van der Waals surface area contributed by atoms with Crippen molar-refractivity contribution in [2.45, 2.75) is 6.42 Å². The second-order valence-corrected chi connectivity index (χ2v) is 4.54. The van der Waals surface area contributed by atoms with E-state index in [-0.39, 0.29) is 0 Å². The summed E-state index contributed by atoms with van der Waals surface area (Å²) in [5.74, 6) is 1.63. The number of rotatable bonds is 4. The van der Waals surface area contributed by atoms with Crippen molar-refractivity contribution in [3.8, 4) is 0 Å². The molecule has 0 bridgehead atoms. The molecule has 0 aliphatic carbocycles. The van der Waals surface area contributed by atoms with E-state index in [0.29, 0.717) is 17.7 Å². The van der Waals surface area contributed by atoms with E-state index in [1.807, 2.05) is 12.1 Å². The highest BCUT2D eigenvalue weighted by Crippen LogP contribution is 2.15. The van der Waals surface area contributed by atoms with E-state index in [9.17, 15) is 0 Å². The van der Waals surface area contributed by atoms with Gasteiger partial charge in [-0.3, -0.25) is 0 Å². The molecule has 3 heteroatoms. The minimum atomic E-state index is 0.379. The molecular weight excluding hydrogens is 271 g/mol. The number of benzene rings is 1. The van der Waals surface area contributed by atoms with E-state index in [4.69, 9.17) is 23.2 Å². The molecule has 72 valence electrons. The molecule has 0 amide bonds. The van der Waals surface area contributed by atoms with E-state index in [2.05, 4.69) is 28.1 Å². The standard InChI is InChI=1S/C10H11BrCl2/c11-10-3-1-8(2-4-10)5-9(6-12)7-13/h1-4,9H,5-7H2. The summed E-state index contributed by atoms with van der Waals surface area (Å²) < 4.78 is 1.10. The minimum absolute atomic E-state index is 0.379. The molecule has 0 aliphatic heterocycles. The predicted molar refractivity (Wildman–Crippen MR) is 62.8 cm³/mol. The number of hydrogen-bond acceptors (Lipinski definition) is 0. The van der Waals surface area contributed by atoms with Gasteiger partial charge in [0.2, 0.25) is 0 Å². The van der Waals surface area contributed by atoms with Gasteiger partial charge in [-0.2, -0.15) is 0 Å². The molecule has 0 fully saturated rings. The maximum Gasteiger partial charge on any atom is 0.0266 e. The number of alkyl halides is 2. The first-order valence-electron chi connectivity index (χ1n) is 4.12. The number of halogens is 3. The lowest BCUT2D eigenvalue weighted by molar-refractivity contribution is 0.662. The Bertz CT molecular complexity index is 242. The molecule has 0 spiro atoms. The molecule has 0 unspecified atom stereocenters. The lowest BCUT2D eigenvalue weighted by atomic mass is 10.0. The van der Waals surface area contributed by atoms with Gasteiger partial charge in [0.05, 0.1) is 0 Å². The minimum Gasteiger partial charge on any atom is -0.126 e. The quantitative estimate of drug-likeness (QED) is 0.730. The van der Waals surface area contributed by atoms with E-state index in [1.54, 1.807) is 0 Å². The zero-order valence-corrected chi connectivity index (χ0v) is 10.2. The molecule has 0 aromatic heterocycles. The van der Waals surface area contributed by atoms with Crippen LogP contribution < -0.4 is 0 Å². The Morgan fingerprint density at radius 1 is 1.08 bits per heavy atom. The maximum atomic E-state index is 5.76. The molecular formula is C10H11BrCl2. The van der Waals surface area contributed by atoms with Crippen molar-refractivity contribution in [3.05, 3.63) is 34.3 Å². The molecule has 0 heterocycles. The molecule has 0 N–H and O–H groups in total. The van der Waals surface area contributed by atoms with Crippen LogP contribution in [0.2, 0.25) is 0 Å². The Labute approximate surface area is 97.4 Å². The summed E-state index contributed by atoms with van der Waals surface area (Å²) in [4.78, 5) is 0. The van der Waals surface area contributed by atoms with Gasteiger partial charge < -0.3 is 0 Å². The van der Waals surface area contributed by atoms with Crippen molar-refractivity contribution in [2.75, 3.05) is 11.8 Å². The summed E-state index contributed by atoms with van der Waals surface area (Å²) in [7, 11) is 0. The first-order valence-corrected chi connectivity index (χ1v) is 5.99. The predicted octanol–water partition coefficient (Wildman–Crippen LogP) is 4.09. The van der Waals surface area contributed by atoms with Gasteiger partial charge in [0.15, 0.2) is 0 Å². The molecule has 0 aliphatic rings. The highest BCUT2D eigenvalue weighted by atomic mass is 79.9. The summed E-state index contributed by atoms with van der Waals surface area (Å²) in [6.45, 7) is 0. The molecule has 0 saturated heterocycles. The summed E-state index contributed by atoms with van der Waals surface area (Å²) >= 11 is 14.9. The Balaban J connectivity index is 2.58. The fourth-order valence-electron chi connectivity index (χ4n) is 1.10. The van der Waals surface area contributed by atoms with Gasteiger partial charge in [0, 0.05) is 16.2 Å². The van der Waals surface area contributed by atoms with E-state index in [1.165, 1.54) is 5.56 Å². The van der Waals surface area contributed by atoms with Crippen LogP contribution in [-0.4, -0.2) is 11.8 Å². The molecule has 1 rings (SSSR count). The van der Waals surface area contributed by atoms with Crippen molar-refractivity contribution >= 4 is 39.1 Å². The third-order valence-corrected chi connectivity index (χ3v) is 3.28. The Kier molecular flexibility index (Phi) is 5.15. The van der Waals surface area contributed by atoms with Crippen LogP contribution in [0.4, 0.5) is 0 Å². The SMILES string of the molecule is ClCC(CCl)Cc1ccc(Br)cc1. The van der Waals surface area contributed by atoms with Crippen LogP contribution in [0.5, 0.6) is 0 Å². The summed E-state index contributed by atoms with van der Waals surface area (Å²) in [5, 5.41) is 0. The average molecular weight is 282 g/mol. The second kappa shape index (κ2) is 5.90. The van der Waals surface area contributed by atoms with Gasteiger partial charge in [-0.1, -0.05) is 28.1 Å². The van der Waals surface area contributed by atoms with Crippen molar-refractivity contribution in [3.63, 3.8) is 0 Å². The van der Waals surface area contributed by atoms with Crippen molar-refractivity contribution in [1.29, 1.82) is 0 Å². The van der Waals surface area contributed by atoms with Crippen LogP contribution >= 0.6 is 39.1 Å². The molecule has 0 radical (unpaired) electrons. The second-order valence-electron chi connectivity index (χ2n) is 3.01. The van der Waals surface area contributed by atoms with E-state index < -0.39 is 0 Å². The Morgan fingerprint density at radius 2 is 1.62 bits per heavy atom. The molecule has 0 atom stereocenters. The molecule has 13 heavy (non-hydrogen) atoms. The lowest BCUT2D eigenvalue weighted by Gasteiger charge is -2.09. The van der Waals surface area contributed by atoms with E-state index in [0.717, 1.165) is 10.9 Å². The van der Waals surface area contributed by atoms with Crippen LogP contribution in [0.3, 0.4) is 0 Å². The van der Waals surface area contributed by atoms with Gasteiger partial charge in [0.1, 0.15) is 0 Å². The molecule has 1 aromatic carbocycles. The zero-order chi connectivity index (χ0) is 9.68. The Morgan fingerprint density at radius 3 is 2.08 bits per heavy atom. The van der Waals surface area contributed by atoms with Gasteiger partial charge in [0.25, 0.3) is 0 Å². The normalized spacial score (nSPS) is 10.8. The molecule has 0 saturated carbocycles.